The molecule has 0 saturated carbocycles. The first-order chi connectivity index (χ1) is 17.5. The molecule has 0 aliphatic carbocycles. The van der Waals surface area contributed by atoms with E-state index in [2.05, 4.69) is 22.5 Å². The van der Waals surface area contributed by atoms with E-state index >= 15 is 0 Å². The molecule has 2 amide bonds. The molecule has 2 atom stereocenters. The molecular weight excluding hydrogens is 480 g/mol. The zero-order valence-corrected chi connectivity index (χ0v) is 21.0. The Labute approximate surface area is 211 Å². The molecular formula is C25H28N6O4S. The normalized spacial score (nSPS) is 18.8. The molecule has 2 aliphatic rings. The zero-order valence-electron chi connectivity index (χ0n) is 20.1. The van der Waals surface area contributed by atoms with Crippen molar-refractivity contribution in [3.63, 3.8) is 0 Å². The number of carbonyl (C=O) groups excluding carboxylic acids is 1. The zero-order chi connectivity index (χ0) is 25.1. The van der Waals surface area contributed by atoms with Gasteiger partial charge in [0.25, 0.3) is 0 Å². The van der Waals surface area contributed by atoms with Crippen LogP contribution in [0.4, 0.5) is 16.4 Å². The minimum absolute atomic E-state index is 0.0502. The van der Waals surface area contributed by atoms with Gasteiger partial charge in [0.1, 0.15) is 0 Å². The van der Waals surface area contributed by atoms with Crippen LogP contribution in [-0.2, 0) is 20.3 Å². The average molecular weight is 509 g/mol. The summed E-state index contributed by atoms with van der Waals surface area (Å²) in [7, 11) is -1.21. The second-order valence-electron chi connectivity index (χ2n) is 8.76. The highest BCUT2D eigenvalue weighted by Gasteiger charge is 2.24. The van der Waals surface area contributed by atoms with Crippen LogP contribution in [0.3, 0.4) is 0 Å². The van der Waals surface area contributed by atoms with Crippen LogP contribution in [0.5, 0.6) is 0 Å². The van der Waals surface area contributed by atoms with Crippen LogP contribution >= 0.6 is 0 Å². The molecule has 5 rings (SSSR count). The Morgan fingerprint density at radius 1 is 1.00 bits per heavy atom. The Hall–Kier alpha value is -3.41. The van der Waals surface area contributed by atoms with Crippen LogP contribution in [0.15, 0.2) is 53.4 Å². The quantitative estimate of drug-likeness (QED) is 0.522. The summed E-state index contributed by atoms with van der Waals surface area (Å²) in [4.78, 5) is 29.3. The maximum absolute atomic E-state index is 12.4. The van der Waals surface area contributed by atoms with Crippen molar-refractivity contribution in [2.24, 2.45) is 0 Å². The molecule has 2 saturated heterocycles. The van der Waals surface area contributed by atoms with Crippen molar-refractivity contribution in [3.05, 3.63) is 48.5 Å². The van der Waals surface area contributed by atoms with Crippen LogP contribution < -0.4 is 15.5 Å². The number of urea groups is 1. The fraction of sp³-hybridized carbons (Fsp3) is 0.360. The Morgan fingerprint density at radius 3 is 2.44 bits per heavy atom. The van der Waals surface area contributed by atoms with E-state index < -0.39 is 10.8 Å². The van der Waals surface area contributed by atoms with Crippen LogP contribution in [0, 0.1) is 0 Å². The number of nitrogens with one attached hydrogen (secondary N) is 2. The van der Waals surface area contributed by atoms with E-state index in [-0.39, 0.29) is 18.1 Å². The highest BCUT2D eigenvalue weighted by Crippen LogP contribution is 2.28. The summed E-state index contributed by atoms with van der Waals surface area (Å²) in [6.07, 6.45) is 1.64. The highest BCUT2D eigenvalue weighted by atomic mass is 32.2. The van der Waals surface area contributed by atoms with E-state index in [1.54, 1.807) is 6.26 Å². The minimum Gasteiger partial charge on any atom is -0.377 e. The predicted octanol–water partition coefficient (Wildman–Crippen LogP) is 2.69. The van der Waals surface area contributed by atoms with Crippen LogP contribution in [0.1, 0.15) is 6.92 Å². The van der Waals surface area contributed by atoms with Gasteiger partial charge in [-0.2, -0.15) is 9.97 Å². The number of ether oxygens (including phenoxy) is 2. The van der Waals surface area contributed by atoms with Crippen molar-refractivity contribution in [3.8, 4) is 22.8 Å². The Kier molecular flexibility index (Phi) is 7.21. The monoisotopic (exact) mass is 508 g/mol. The largest absolute Gasteiger partial charge is 0.377 e. The van der Waals surface area contributed by atoms with Crippen molar-refractivity contribution in [1.82, 2.24) is 20.3 Å². The smallest absolute Gasteiger partial charge is 0.319 e. The lowest BCUT2D eigenvalue weighted by Gasteiger charge is -2.33. The van der Waals surface area contributed by atoms with Gasteiger partial charge in [0.2, 0.25) is 5.95 Å². The first-order valence-electron chi connectivity index (χ1n) is 11.8. The van der Waals surface area contributed by atoms with Crippen molar-refractivity contribution in [2.75, 3.05) is 49.4 Å². The highest BCUT2D eigenvalue weighted by molar-refractivity contribution is 7.84. The number of rotatable bonds is 6. The van der Waals surface area contributed by atoms with Gasteiger partial charge < -0.3 is 25.0 Å². The third-order valence-corrected chi connectivity index (χ3v) is 7.04. The van der Waals surface area contributed by atoms with Gasteiger partial charge in [-0.3, -0.25) is 4.21 Å². The Morgan fingerprint density at radius 2 is 1.75 bits per heavy atom. The summed E-state index contributed by atoms with van der Waals surface area (Å²) < 4.78 is 23.1. The summed E-state index contributed by atoms with van der Waals surface area (Å²) >= 11 is 0. The van der Waals surface area contributed by atoms with Gasteiger partial charge in [-0.1, -0.05) is 12.1 Å². The maximum Gasteiger partial charge on any atom is 0.319 e. The van der Waals surface area contributed by atoms with Gasteiger partial charge in [0.05, 0.1) is 49.3 Å². The molecule has 0 radical (unpaired) electrons. The Balaban J connectivity index is 1.48. The van der Waals surface area contributed by atoms with Gasteiger partial charge in [0, 0.05) is 34.5 Å². The lowest BCUT2D eigenvalue weighted by Crippen LogP contribution is -2.49. The van der Waals surface area contributed by atoms with Crippen molar-refractivity contribution >= 4 is 28.5 Å². The molecule has 10 nitrogen and oxygen atoms in total. The van der Waals surface area contributed by atoms with Gasteiger partial charge in [-0.25, -0.2) is 9.78 Å². The van der Waals surface area contributed by atoms with E-state index in [0.717, 1.165) is 5.56 Å². The average Bonchev–Trinajstić information content (AvgIpc) is 2.87. The number of morpholine rings is 1. The third-order valence-electron chi connectivity index (χ3n) is 6.06. The van der Waals surface area contributed by atoms with Gasteiger partial charge in [-0.15, -0.1) is 0 Å². The first-order valence-corrected chi connectivity index (χ1v) is 13.3. The fourth-order valence-electron chi connectivity index (χ4n) is 4.04. The van der Waals surface area contributed by atoms with Crippen LogP contribution in [0.2, 0.25) is 0 Å². The second kappa shape index (κ2) is 10.7. The number of hydrogen-bond acceptors (Lipinski definition) is 8. The van der Waals surface area contributed by atoms with E-state index in [0.29, 0.717) is 66.7 Å². The fourth-order valence-corrected chi connectivity index (χ4v) is 4.78. The Bertz CT molecular complexity index is 1270. The SMILES string of the molecule is CC1COCCN1c1nc(-c2ccc(NC(=O)NC3COC3)cc2)nc(-c2ccccc2S(C)=O)n1. The number of nitrogens with zero attached hydrogens (tertiary/aromatic N) is 4. The molecule has 3 aromatic rings. The predicted molar refractivity (Wildman–Crippen MR) is 137 cm³/mol. The number of aromatic nitrogens is 3. The molecule has 0 bridgehead atoms. The number of anilines is 2. The second-order valence-corrected chi connectivity index (χ2v) is 10.1. The van der Waals surface area contributed by atoms with Crippen molar-refractivity contribution < 1.29 is 18.5 Å². The molecule has 36 heavy (non-hydrogen) atoms. The summed E-state index contributed by atoms with van der Waals surface area (Å²) in [5.74, 6) is 1.50. The number of amides is 2. The van der Waals surface area contributed by atoms with Crippen molar-refractivity contribution in [1.29, 1.82) is 0 Å². The molecule has 2 aliphatic heterocycles. The number of hydrogen-bond donors (Lipinski definition) is 2. The minimum atomic E-state index is -1.21. The molecule has 11 heteroatoms. The van der Waals surface area contributed by atoms with Crippen LogP contribution in [-0.4, -0.2) is 76.5 Å². The number of benzene rings is 2. The first kappa shape index (κ1) is 24.3. The molecule has 2 aromatic carbocycles. The van der Waals surface area contributed by atoms with Crippen LogP contribution in [0.25, 0.3) is 22.8 Å². The van der Waals surface area contributed by atoms with E-state index in [9.17, 15) is 9.00 Å². The number of carbonyl (C=O) groups is 1. The van der Waals surface area contributed by atoms with E-state index in [1.807, 2.05) is 48.5 Å². The van der Waals surface area contributed by atoms with Gasteiger partial charge in [-0.05, 0) is 43.3 Å². The summed E-state index contributed by atoms with van der Waals surface area (Å²) in [6, 6.07) is 14.7. The lowest BCUT2D eigenvalue weighted by atomic mass is 10.1. The standard InChI is InChI=1S/C25H28N6O4S/c1-16-13-34-12-11-31(16)24-29-22(28-23(30-24)20-5-3-4-6-21(20)36(2)33)17-7-9-18(10-8-17)26-25(32)27-19-14-35-15-19/h3-10,16,19H,11-15H2,1-2H3,(H2,26,27,32). The molecule has 2 unspecified atom stereocenters. The third kappa shape index (κ3) is 5.38. The molecule has 3 heterocycles. The molecule has 2 fully saturated rings. The maximum atomic E-state index is 12.4. The van der Waals surface area contributed by atoms with Gasteiger partial charge in [0.15, 0.2) is 11.6 Å². The molecule has 188 valence electrons. The molecule has 0 spiro atoms. The summed E-state index contributed by atoms with van der Waals surface area (Å²) in [6.45, 7) is 4.97. The van der Waals surface area contributed by atoms with E-state index in [1.165, 1.54) is 0 Å². The van der Waals surface area contributed by atoms with Crippen molar-refractivity contribution in [2.45, 2.75) is 23.9 Å². The van der Waals surface area contributed by atoms with E-state index in [4.69, 9.17) is 24.4 Å². The molecule has 1 aromatic heterocycles. The summed E-state index contributed by atoms with van der Waals surface area (Å²) in [5.41, 5.74) is 2.13. The molecule has 2 N–H and O–H groups in total. The lowest BCUT2D eigenvalue weighted by molar-refractivity contribution is 0.000735. The topological polar surface area (TPSA) is 119 Å². The van der Waals surface area contributed by atoms with Gasteiger partial charge >= 0.3 is 6.03 Å². The summed E-state index contributed by atoms with van der Waals surface area (Å²) in [5, 5.41) is 5.68.